The molecule has 2 aromatic heterocycles. The van der Waals surface area contributed by atoms with Crippen LogP contribution in [0.5, 0.6) is 0 Å². The number of nitrogens with one attached hydrogen (secondary N) is 1. The zero-order chi connectivity index (χ0) is 20.2. The predicted molar refractivity (Wildman–Crippen MR) is 114 cm³/mol. The average Bonchev–Trinajstić information content (AvgIpc) is 2.75. The lowest BCUT2D eigenvalue weighted by atomic mass is 10.1. The van der Waals surface area contributed by atoms with Gasteiger partial charge in [-0.2, -0.15) is 0 Å². The van der Waals surface area contributed by atoms with Crippen molar-refractivity contribution in [1.29, 1.82) is 0 Å². The van der Waals surface area contributed by atoms with Crippen LogP contribution in [0.1, 0.15) is 21.5 Å². The van der Waals surface area contributed by atoms with Crippen LogP contribution >= 0.6 is 0 Å². The van der Waals surface area contributed by atoms with E-state index in [0.717, 1.165) is 41.4 Å². The molecule has 1 amide bonds. The van der Waals surface area contributed by atoms with E-state index in [9.17, 15) is 4.79 Å². The quantitative estimate of drug-likeness (QED) is 0.740. The molecule has 4 rings (SSSR count). The van der Waals surface area contributed by atoms with Gasteiger partial charge in [-0.15, -0.1) is 10.2 Å². The van der Waals surface area contributed by atoms with Crippen molar-refractivity contribution in [1.82, 2.24) is 20.1 Å². The maximum atomic E-state index is 12.7. The molecule has 1 N–H and O–H groups in total. The number of amides is 1. The molecule has 7 heteroatoms. The number of aryl methyl sites for hydroxylation is 2. The Kier molecular flexibility index (Phi) is 5.37. The Bertz CT molecular complexity index is 979. The van der Waals surface area contributed by atoms with Crippen LogP contribution in [-0.2, 0) is 0 Å². The first-order valence-electron chi connectivity index (χ1n) is 9.73. The zero-order valence-corrected chi connectivity index (χ0v) is 16.7. The van der Waals surface area contributed by atoms with E-state index in [1.165, 1.54) is 0 Å². The fourth-order valence-electron chi connectivity index (χ4n) is 3.31. The van der Waals surface area contributed by atoms with E-state index in [1.807, 2.05) is 67.3 Å². The summed E-state index contributed by atoms with van der Waals surface area (Å²) in [6.45, 7) is 6.84. The summed E-state index contributed by atoms with van der Waals surface area (Å²) in [6.07, 6.45) is 1.76. The number of carbonyl (C=O) groups excluding carboxylic acids is 1. The van der Waals surface area contributed by atoms with Crippen LogP contribution in [0.15, 0.2) is 54.7 Å². The Morgan fingerprint density at radius 3 is 2.28 bits per heavy atom. The molecule has 0 aliphatic carbocycles. The summed E-state index contributed by atoms with van der Waals surface area (Å²) in [4.78, 5) is 21.0. The highest BCUT2D eigenvalue weighted by Gasteiger charge is 2.23. The minimum absolute atomic E-state index is 0.0842. The van der Waals surface area contributed by atoms with Crippen molar-refractivity contribution in [2.75, 3.05) is 36.4 Å². The molecule has 0 saturated carbocycles. The topological polar surface area (TPSA) is 74.2 Å². The molecule has 0 bridgehead atoms. The number of hydrogen-bond acceptors (Lipinski definition) is 6. The second-order valence-corrected chi connectivity index (χ2v) is 7.27. The maximum absolute atomic E-state index is 12.7. The first-order valence-corrected chi connectivity index (χ1v) is 9.73. The third kappa shape index (κ3) is 4.51. The van der Waals surface area contributed by atoms with Gasteiger partial charge in [0, 0.05) is 37.9 Å². The van der Waals surface area contributed by atoms with Gasteiger partial charge >= 0.3 is 0 Å². The summed E-state index contributed by atoms with van der Waals surface area (Å²) in [6, 6.07) is 15.5. The summed E-state index contributed by atoms with van der Waals surface area (Å²) in [5.74, 6) is 2.30. The summed E-state index contributed by atoms with van der Waals surface area (Å²) in [7, 11) is 0. The number of benzene rings is 1. The minimum Gasteiger partial charge on any atom is -0.352 e. The number of aromatic nitrogens is 3. The van der Waals surface area contributed by atoms with Gasteiger partial charge in [0.1, 0.15) is 5.82 Å². The van der Waals surface area contributed by atoms with Gasteiger partial charge in [-0.05, 0) is 55.8 Å². The monoisotopic (exact) mass is 388 g/mol. The number of piperazine rings is 1. The zero-order valence-electron chi connectivity index (χ0n) is 16.7. The van der Waals surface area contributed by atoms with Gasteiger partial charge in [-0.1, -0.05) is 17.7 Å². The first kappa shape index (κ1) is 18.9. The van der Waals surface area contributed by atoms with Crippen molar-refractivity contribution in [2.45, 2.75) is 13.8 Å². The highest BCUT2D eigenvalue weighted by atomic mass is 16.2. The van der Waals surface area contributed by atoms with Gasteiger partial charge in [0.05, 0.1) is 0 Å². The lowest BCUT2D eigenvalue weighted by Gasteiger charge is -2.35. The Balaban J connectivity index is 1.34. The lowest BCUT2D eigenvalue weighted by molar-refractivity contribution is 0.0746. The molecule has 0 spiro atoms. The Hall–Kier alpha value is -3.48. The van der Waals surface area contributed by atoms with Crippen molar-refractivity contribution in [3.05, 3.63) is 71.4 Å². The maximum Gasteiger partial charge on any atom is 0.253 e. The third-order valence-corrected chi connectivity index (χ3v) is 5.01. The molecule has 1 aliphatic rings. The smallest absolute Gasteiger partial charge is 0.253 e. The van der Waals surface area contributed by atoms with E-state index < -0.39 is 0 Å². The molecule has 148 valence electrons. The largest absolute Gasteiger partial charge is 0.352 e. The molecule has 29 heavy (non-hydrogen) atoms. The highest BCUT2D eigenvalue weighted by Crippen LogP contribution is 2.18. The Morgan fingerprint density at radius 2 is 1.62 bits per heavy atom. The van der Waals surface area contributed by atoms with E-state index in [1.54, 1.807) is 6.20 Å². The van der Waals surface area contributed by atoms with Crippen molar-refractivity contribution in [2.24, 2.45) is 0 Å². The van der Waals surface area contributed by atoms with Crippen LogP contribution in [0.25, 0.3) is 0 Å². The van der Waals surface area contributed by atoms with Crippen molar-refractivity contribution < 1.29 is 4.79 Å². The molecule has 1 aromatic carbocycles. The van der Waals surface area contributed by atoms with Gasteiger partial charge in [0.25, 0.3) is 5.91 Å². The van der Waals surface area contributed by atoms with Gasteiger partial charge < -0.3 is 15.1 Å². The Labute approximate surface area is 170 Å². The fraction of sp³-hybridized carbons (Fsp3) is 0.273. The number of rotatable bonds is 4. The highest BCUT2D eigenvalue weighted by molar-refractivity contribution is 5.94. The van der Waals surface area contributed by atoms with Gasteiger partial charge in [0.2, 0.25) is 0 Å². The molecule has 3 heterocycles. The third-order valence-electron chi connectivity index (χ3n) is 5.01. The molecule has 0 atom stereocenters. The van der Waals surface area contributed by atoms with E-state index in [0.29, 0.717) is 18.9 Å². The van der Waals surface area contributed by atoms with Gasteiger partial charge in [0.15, 0.2) is 11.6 Å². The predicted octanol–water partition coefficient (Wildman–Crippen LogP) is 3.19. The number of pyridine rings is 1. The SMILES string of the molecule is Cc1ccc(C(=O)N2CCN(c3ccc(Nc4cc(C)ccn4)nn3)CC2)cc1. The van der Waals surface area contributed by atoms with Crippen LogP contribution in [0, 0.1) is 13.8 Å². The molecule has 0 radical (unpaired) electrons. The van der Waals surface area contributed by atoms with Crippen LogP contribution in [0.3, 0.4) is 0 Å². The standard InChI is InChI=1S/C22H24N6O/c1-16-3-5-18(6-4-16)22(29)28-13-11-27(12-14-28)21-8-7-19(25-26-21)24-20-15-17(2)9-10-23-20/h3-10,15H,11-14H2,1-2H3,(H,23,24,25). The van der Waals surface area contributed by atoms with Crippen LogP contribution in [0.4, 0.5) is 17.5 Å². The molecular weight excluding hydrogens is 364 g/mol. The average molecular weight is 388 g/mol. The van der Waals surface area contributed by atoms with Gasteiger partial charge in [-0.25, -0.2) is 4.98 Å². The molecule has 1 saturated heterocycles. The van der Waals surface area contributed by atoms with Crippen LogP contribution in [-0.4, -0.2) is 52.2 Å². The first-order chi connectivity index (χ1) is 14.1. The van der Waals surface area contributed by atoms with Gasteiger partial charge in [-0.3, -0.25) is 4.79 Å². The van der Waals surface area contributed by atoms with Crippen molar-refractivity contribution in [3.8, 4) is 0 Å². The number of hydrogen-bond donors (Lipinski definition) is 1. The summed E-state index contributed by atoms with van der Waals surface area (Å²) >= 11 is 0. The molecule has 7 nitrogen and oxygen atoms in total. The summed E-state index contributed by atoms with van der Waals surface area (Å²) in [5.41, 5.74) is 3.02. The Morgan fingerprint density at radius 1 is 0.862 bits per heavy atom. The van der Waals surface area contributed by atoms with E-state index in [2.05, 4.69) is 25.4 Å². The second kappa shape index (κ2) is 8.26. The lowest BCUT2D eigenvalue weighted by Crippen LogP contribution is -2.49. The molecule has 3 aromatic rings. The van der Waals surface area contributed by atoms with Crippen LogP contribution < -0.4 is 10.2 Å². The molecule has 1 aliphatic heterocycles. The minimum atomic E-state index is 0.0842. The molecule has 0 unspecified atom stereocenters. The summed E-state index contributed by atoms with van der Waals surface area (Å²) < 4.78 is 0. The molecule has 1 fully saturated rings. The van der Waals surface area contributed by atoms with E-state index >= 15 is 0 Å². The second-order valence-electron chi connectivity index (χ2n) is 7.27. The summed E-state index contributed by atoms with van der Waals surface area (Å²) in [5, 5.41) is 11.8. The fourth-order valence-corrected chi connectivity index (χ4v) is 3.31. The number of carbonyl (C=O) groups is 1. The normalized spacial score (nSPS) is 14.0. The number of anilines is 3. The van der Waals surface area contributed by atoms with E-state index in [-0.39, 0.29) is 5.91 Å². The number of nitrogens with zero attached hydrogens (tertiary/aromatic N) is 5. The molecular formula is C22H24N6O. The van der Waals surface area contributed by atoms with Crippen molar-refractivity contribution >= 4 is 23.4 Å². The van der Waals surface area contributed by atoms with Crippen LogP contribution in [0.2, 0.25) is 0 Å². The van der Waals surface area contributed by atoms with E-state index in [4.69, 9.17) is 0 Å². The van der Waals surface area contributed by atoms with Crippen molar-refractivity contribution in [3.63, 3.8) is 0 Å².